The second-order valence-electron chi connectivity index (χ2n) is 11.3. The predicted molar refractivity (Wildman–Crippen MR) is 148 cm³/mol. The first-order chi connectivity index (χ1) is 17.6. The van der Waals surface area contributed by atoms with Crippen molar-refractivity contribution in [3.05, 3.63) is 47.9 Å². The summed E-state index contributed by atoms with van der Waals surface area (Å²) in [6, 6.07) is 7.81. The number of hydrogen-bond donors (Lipinski definition) is 2. The molecule has 2 aliphatic heterocycles. The van der Waals surface area contributed by atoms with Gasteiger partial charge in [-0.05, 0) is 57.5 Å². The Balaban J connectivity index is 1.30. The molecule has 0 bridgehead atoms. The fourth-order valence-corrected chi connectivity index (χ4v) is 5.45. The van der Waals surface area contributed by atoms with Gasteiger partial charge in [0.1, 0.15) is 11.9 Å². The largest absolute Gasteiger partial charge is 0.494 e. The number of hydrogen-bond acceptors (Lipinski definition) is 7. The molecule has 37 heavy (non-hydrogen) atoms. The second-order valence-corrected chi connectivity index (χ2v) is 12.2. The average molecular weight is 521 g/mol. The summed E-state index contributed by atoms with van der Waals surface area (Å²) in [5.74, 6) is 1.05. The van der Waals surface area contributed by atoms with Gasteiger partial charge in [-0.2, -0.15) is 0 Å². The van der Waals surface area contributed by atoms with Crippen molar-refractivity contribution in [3.8, 4) is 11.3 Å². The maximum absolute atomic E-state index is 13.6. The molecule has 0 unspecified atom stereocenters. The molecule has 0 aliphatic carbocycles. The van der Waals surface area contributed by atoms with Crippen molar-refractivity contribution in [2.24, 2.45) is 5.92 Å². The highest BCUT2D eigenvalue weighted by Crippen LogP contribution is 2.37. The molecule has 1 aromatic carbocycles. The zero-order valence-corrected chi connectivity index (χ0v) is 23.3. The van der Waals surface area contributed by atoms with Crippen molar-refractivity contribution in [2.75, 3.05) is 11.9 Å². The van der Waals surface area contributed by atoms with Crippen molar-refractivity contribution in [1.82, 2.24) is 19.9 Å². The first kappa shape index (κ1) is 25.9. The van der Waals surface area contributed by atoms with Crippen LogP contribution in [0, 0.1) is 5.92 Å². The smallest absolute Gasteiger partial charge is 0.399 e. The number of carbonyl (C=O) groups excluding carboxylic acids is 1. The molecule has 2 atom stereocenters. The van der Waals surface area contributed by atoms with Gasteiger partial charge in [-0.15, -0.1) is 11.3 Å². The summed E-state index contributed by atoms with van der Waals surface area (Å²) in [5.41, 5.74) is 2.20. The van der Waals surface area contributed by atoms with Gasteiger partial charge in [0.15, 0.2) is 5.13 Å². The van der Waals surface area contributed by atoms with Crippen LogP contribution in [0.1, 0.15) is 66.3 Å². The number of benzene rings is 1. The van der Waals surface area contributed by atoms with Gasteiger partial charge in [0.25, 0.3) is 0 Å². The Hall–Kier alpha value is -2.69. The van der Waals surface area contributed by atoms with Gasteiger partial charge in [-0.1, -0.05) is 38.1 Å². The van der Waals surface area contributed by atoms with E-state index in [0.717, 1.165) is 47.1 Å². The lowest BCUT2D eigenvalue weighted by Gasteiger charge is -2.32. The molecule has 2 saturated heterocycles. The molecule has 2 aromatic heterocycles. The molecule has 10 heteroatoms. The Labute approximate surface area is 223 Å². The van der Waals surface area contributed by atoms with Gasteiger partial charge < -0.3 is 24.5 Å². The Bertz CT molecular complexity index is 1210. The number of carbonyl (C=O) groups is 1. The average Bonchev–Trinajstić information content (AvgIpc) is 3.64. The van der Waals surface area contributed by atoms with Crippen molar-refractivity contribution >= 4 is 35.0 Å². The fourth-order valence-electron chi connectivity index (χ4n) is 4.89. The number of aromatic nitrogens is 3. The third-order valence-electron chi connectivity index (χ3n) is 7.84. The molecular formula is C27H36BN5O3S. The van der Waals surface area contributed by atoms with E-state index in [1.807, 2.05) is 28.6 Å². The lowest BCUT2D eigenvalue weighted by molar-refractivity contribution is -0.134. The highest BCUT2D eigenvalue weighted by atomic mass is 32.1. The number of likely N-dealkylation sites (tertiary alicyclic amines) is 1. The Morgan fingerprint density at radius 1 is 1.16 bits per heavy atom. The van der Waals surface area contributed by atoms with Gasteiger partial charge in [-0.3, -0.25) is 4.79 Å². The van der Waals surface area contributed by atoms with Gasteiger partial charge in [0.05, 0.1) is 29.1 Å². The van der Waals surface area contributed by atoms with Crippen LogP contribution in [0.25, 0.3) is 11.3 Å². The summed E-state index contributed by atoms with van der Waals surface area (Å²) in [4.78, 5) is 28.1. The quantitative estimate of drug-likeness (QED) is 0.441. The Kier molecular flexibility index (Phi) is 6.93. The molecule has 2 fully saturated rings. The minimum Gasteiger partial charge on any atom is -0.399 e. The zero-order valence-electron chi connectivity index (χ0n) is 22.4. The molecule has 0 radical (unpaired) electrons. The molecule has 5 rings (SSSR count). The second kappa shape index (κ2) is 9.89. The molecule has 196 valence electrons. The van der Waals surface area contributed by atoms with E-state index < -0.39 is 0 Å². The van der Waals surface area contributed by atoms with E-state index in [0.29, 0.717) is 0 Å². The number of rotatable bonds is 7. The molecule has 1 amide bonds. The van der Waals surface area contributed by atoms with Gasteiger partial charge in [0, 0.05) is 18.1 Å². The van der Waals surface area contributed by atoms with Gasteiger partial charge in [0.2, 0.25) is 5.91 Å². The van der Waals surface area contributed by atoms with E-state index >= 15 is 0 Å². The molecule has 0 saturated carbocycles. The molecule has 2 N–H and O–H groups in total. The normalized spacial score (nSPS) is 21.5. The number of amides is 1. The minimum absolute atomic E-state index is 0.0652. The standard InChI is InChI=1S/C27H36BN5O3S/c1-17(2)22(32-25-29-13-15-37-25)24(34)33-14-7-8-21(33)23-30-16-20(31-23)18-9-11-19(12-10-18)28-35-26(3,4)27(5,6)36-28/h9-13,15-17,21-22H,7-8,14H2,1-6H3,(H,29,32)(H,30,31)/t21-,22-/m0/s1. The van der Waals surface area contributed by atoms with Crippen molar-refractivity contribution < 1.29 is 14.1 Å². The number of thiazole rings is 1. The van der Waals surface area contributed by atoms with E-state index in [1.54, 1.807) is 6.20 Å². The molecule has 3 aromatic rings. The van der Waals surface area contributed by atoms with Crippen LogP contribution >= 0.6 is 11.3 Å². The molecular weight excluding hydrogens is 485 g/mol. The number of nitrogens with one attached hydrogen (secondary N) is 2. The zero-order chi connectivity index (χ0) is 26.4. The van der Waals surface area contributed by atoms with Crippen LogP contribution in [0.15, 0.2) is 42.0 Å². The SMILES string of the molecule is CC(C)[C@H](Nc1nccs1)C(=O)N1CCC[C@H]1c1ncc(-c2ccc(B3OC(C)(C)C(C)(C)O3)cc2)[nH]1. The van der Waals surface area contributed by atoms with E-state index in [1.165, 1.54) is 11.3 Å². The number of H-pyrrole nitrogens is 1. The van der Waals surface area contributed by atoms with Crippen LogP contribution in [0.5, 0.6) is 0 Å². The number of anilines is 1. The Morgan fingerprint density at radius 3 is 2.49 bits per heavy atom. The van der Waals surface area contributed by atoms with Gasteiger partial charge >= 0.3 is 7.12 Å². The lowest BCUT2D eigenvalue weighted by Crippen LogP contribution is -2.45. The molecule has 2 aliphatic rings. The topological polar surface area (TPSA) is 92.4 Å². The van der Waals surface area contributed by atoms with Crippen LogP contribution < -0.4 is 10.8 Å². The van der Waals surface area contributed by atoms with Crippen LogP contribution in [0.4, 0.5) is 5.13 Å². The fraction of sp³-hybridized carbons (Fsp3) is 0.519. The first-order valence-electron chi connectivity index (χ1n) is 13.0. The maximum atomic E-state index is 13.6. The first-order valence-corrected chi connectivity index (χ1v) is 13.9. The minimum atomic E-state index is -0.388. The summed E-state index contributed by atoms with van der Waals surface area (Å²) < 4.78 is 12.4. The summed E-state index contributed by atoms with van der Waals surface area (Å²) in [7, 11) is -0.388. The highest BCUT2D eigenvalue weighted by molar-refractivity contribution is 7.13. The summed E-state index contributed by atoms with van der Waals surface area (Å²) >= 11 is 1.51. The van der Waals surface area contributed by atoms with E-state index in [2.05, 4.69) is 69.0 Å². The predicted octanol–water partition coefficient (Wildman–Crippen LogP) is 4.63. The monoisotopic (exact) mass is 521 g/mol. The van der Waals surface area contributed by atoms with Crippen LogP contribution in [0.2, 0.25) is 0 Å². The van der Waals surface area contributed by atoms with Gasteiger partial charge in [-0.25, -0.2) is 9.97 Å². The molecule has 4 heterocycles. The lowest BCUT2D eigenvalue weighted by atomic mass is 9.79. The third-order valence-corrected chi connectivity index (χ3v) is 8.54. The number of nitrogens with zero attached hydrogens (tertiary/aromatic N) is 3. The van der Waals surface area contributed by atoms with E-state index in [-0.39, 0.29) is 42.2 Å². The summed E-state index contributed by atoms with van der Waals surface area (Å²) in [5, 5.41) is 6.02. The molecule has 8 nitrogen and oxygen atoms in total. The van der Waals surface area contributed by atoms with Crippen molar-refractivity contribution in [2.45, 2.75) is 77.7 Å². The molecule has 0 spiro atoms. The van der Waals surface area contributed by atoms with Crippen LogP contribution in [-0.4, -0.2) is 56.7 Å². The number of imidazole rings is 1. The van der Waals surface area contributed by atoms with Crippen LogP contribution in [0.3, 0.4) is 0 Å². The third kappa shape index (κ3) is 5.06. The maximum Gasteiger partial charge on any atom is 0.494 e. The number of aromatic amines is 1. The van der Waals surface area contributed by atoms with Crippen molar-refractivity contribution in [3.63, 3.8) is 0 Å². The van der Waals surface area contributed by atoms with Crippen molar-refractivity contribution in [1.29, 1.82) is 0 Å². The van der Waals surface area contributed by atoms with E-state index in [9.17, 15) is 4.79 Å². The van der Waals surface area contributed by atoms with Crippen LogP contribution in [-0.2, 0) is 14.1 Å². The van der Waals surface area contributed by atoms with E-state index in [4.69, 9.17) is 14.3 Å². The summed E-state index contributed by atoms with van der Waals surface area (Å²) in [6.45, 7) is 13.1. The highest BCUT2D eigenvalue weighted by Gasteiger charge is 2.51. The Morgan fingerprint density at radius 2 is 1.86 bits per heavy atom. The summed E-state index contributed by atoms with van der Waals surface area (Å²) in [6.07, 6.45) is 5.45.